The second-order valence-corrected chi connectivity index (χ2v) is 6.14. The van der Waals surface area contributed by atoms with Crippen molar-refractivity contribution in [1.29, 1.82) is 0 Å². The number of hydrogen-bond donors (Lipinski definition) is 2. The van der Waals surface area contributed by atoms with Crippen LogP contribution in [0.5, 0.6) is 0 Å². The standard InChI is InChI=1S/C18H19F3N4O.C2H6.CH4S/c1-13-4-6-14(7-5-13)23-17(26)25-11-9-24(10-12-25)16-15(18(19,20)21)3-2-8-22-16;2*1-2/h2-8H,9-12H2,1H3,(H,23,26);1-2H3;2H,1H3. The van der Waals surface area contributed by atoms with E-state index in [2.05, 4.69) is 22.9 Å². The lowest BCUT2D eigenvalue weighted by Gasteiger charge is -2.36. The van der Waals surface area contributed by atoms with E-state index < -0.39 is 11.7 Å². The zero-order valence-corrected chi connectivity index (χ0v) is 18.6. The number of piperazine rings is 1. The maximum atomic E-state index is 13.1. The third kappa shape index (κ3) is 7.12. The summed E-state index contributed by atoms with van der Waals surface area (Å²) in [4.78, 5) is 19.4. The van der Waals surface area contributed by atoms with Gasteiger partial charge >= 0.3 is 12.2 Å². The van der Waals surface area contributed by atoms with Crippen LogP contribution in [0.25, 0.3) is 0 Å². The zero-order chi connectivity index (χ0) is 22.7. The van der Waals surface area contributed by atoms with Gasteiger partial charge in [0.05, 0.1) is 5.56 Å². The Hall–Kier alpha value is -2.42. The van der Waals surface area contributed by atoms with Crippen molar-refractivity contribution in [3.63, 3.8) is 0 Å². The van der Waals surface area contributed by atoms with Gasteiger partial charge in [-0.2, -0.15) is 25.8 Å². The van der Waals surface area contributed by atoms with E-state index in [-0.39, 0.29) is 11.8 Å². The number of aryl methyl sites for hydroxylation is 1. The SMILES string of the molecule is CC.CS.Cc1ccc(NC(=O)N2CCN(c3ncccc3C(F)(F)F)CC2)cc1. The van der Waals surface area contributed by atoms with Crippen LogP contribution in [-0.4, -0.2) is 48.3 Å². The molecule has 1 aromatic heterocycles. The summed E-state index contributed by atoms with van der Waals surface area (Å²) in [6, 6.07) is 9.46. The van der Waals surface area contributed by atoms with Crippen molar-refractivity contribution in [2.75, 3.05) is 42.7 Å². The molecule has 30 heavy (non-hydrogen) atoms. The number of anilines is 2. The van der Waals surface area contributed by atoms with Crippen molar-refractivity contribution in [2.45, 2.75) is 26.9 Å². The van der Waals surface area contributed by atoms with E-state index in [4.69, 9.17) is 0 Å². The molecule has 3 rings (SSSR count). The topological polar surface area (TPSA) is 48.5 Å². The van der Waals surface area contributed by atoms with Crippen LogP contribution in [0.4, 0.5) is 29.5 Å². The number of nitrogens with zero attached hydrogens (tertiary/aromatic N) is 3. The van der Waals surface area contributed by atoms with Gasteiger partial charge in [0.2, 0.25) is 0 Å². The lowest BCUT2D eigenvalue weighted by molar-refractivity contribution is -0.137. The number of urea groups is 1. The minimum Gasteiger partial charge on any atom is -0.353 e. The van der Waals surface area contributed by atoms with Crippen LogP contribution in [-0.2, 0) is 6.18 Å². The van der Waals surface area contributed by atoms with Crippen molar-refractivity contribution in [2.24, 2.45) is 0 Å². The Labute approximate surface area is 181 Å². The van der Waals surface area contributed by atoms with Gasteiger partial charge in [-0.25, -0.2) is 9.78 Å². The molecule has 0 radical (unpaired) electrons. The van der Waals surface area contributed by atoms with Gasteiger partial charge in [-0.1, -0.05) is 31.5 Å². The number of pyridine rings is 1. The highest BCUT2D eigenvalue weighted by Crippen LogP contribution is 2.35. The molecule has 0 unspecified atom stereocenters. The zero-order valence-electron chi connectivity index (χ0n) is 17.7. The van der Waals surface area contributed by atoms with Gasteiger partial charge in [-0.05, 0) is 37.4 Å². The summed E-state index contributed by atoms with van der Waals surface area (Å²) in [5.74, 6) is -0.0846. The van der Waals surface area contributed by atoms with Gasteiger partial charge in [-0.3, -0.25) is 0 Å². The Morgan fingerprint density at radius 1 is 1.03 bits per heavy atom. The highest BCUT2D eigenvalue weighted by atomic mass is 32.1. The number of alkyl halides is 3. The number of halogens is 3. The Bertz CT molecular complexity index is 777. The van der Waals surface area contributed by atoms with Gasteiger partial charge in [0.1, 0.15) is 5.82 Å². The van der Waals surface area contributed by atoms with Gasteiger partial charge < -0.3 is 15.1 Å². The van der Waals surface area contributed by atoms with Crippen LogP contribution < -0.4 is 10.2 Å². The predicted octanol–water partition coefficient (Wildman–Crippen LogP) is 5.34. The van der Waals surface area contributed by atoms with Crippen LogP contribution in [0.1, 0.15) is 25.0 Å². The van der Waals surface area contributed by atoms with Crippen LogP contribution >= 0.6 is 12.6 Å². The first-order chi connectivity index (χ1) is 14.3. The molecule has 0 spiro atoms. The Morgan fingerprint density at radius 2 is 1.60 bits per heavy atom. The summed E-state index contributed by atoms with van der Waals surface area (Å²) < 4.78 is 39.4. The smallest absolute Gasteiger partial charge is 0.353 e. The Kier molecular flexibility index (Phi) is 10.5. The summed E-state index contributed by atoms with van der Waals surface area (Å²) in [6.45, 7) is 7.19. The fourth-order valence-corrected chi connectivity index (χ4v) is 2.83. The van der Waals surface area contributed by atoms with Gasteiger partial charge in [0.15, 0.2) is 0 Å². The largest absolute Gasteiger partial charge is 0.419 e. The molecule has 1 fully saturated rings. The number of thiol groups is 1. The highest BCUT2D eigenvalue weighted by molar-refractivity contribution is 7.79. The summed E-state index contributed by atoms with van der Waals surface area (Å²) in [6.07, 6.45) is -1.41. The van der Waals surface area contributed by atoms with Crippen molar-refractivity contribution >= 4 is 30.2 Å². The normalized spacial score (nSPS) is 13.5. The summed E-state index contributed by atoms with van der Waals surface area (Å²) in [5.41, 5.74) is 1.03. The maximum absolute atomic E-state index is 13.1. The molecule has 2 heterocycles. The van der Waals surface area contributed by atoms with E-state index in [1.165, 1.54) is 12.3 Å². The molecule has 0 bridgehead atoms. The van der Waals surface area contributed by atoms with E-state index in [9.17, 15) is 18.0 Å². The van der Waals surface area contributed by atoms with Crippen molar-refractivity contribution in [3.8, 4) is 0 Å². The molecule has 0 atom stereocenters. The van der Waals surface area contributed by atoms with E-state index in [0.717, 1.165) is 11.6 Å². The Morgan fingerprint density at radius 3 is 2.13 bits per heavy atom. The Balaban J connectivity index is 0.00000106. The second-order valence-electron chi connectivity index (χ2n) is 6.14. The quantitative estimate of drug-likeness (QED) is 0.618. The van der Waals surface area contributed by atoms with E-state index in [1.54, 1.807) is 16.1 Å². The van der Waals surface area contributed by atoms with E-state index in [1.807, 2.05) is 45.0 Å². The first kappa shape index (κ1) is 25.6. The number of amides is 2. The molecule has 2 aromatic rings. The first-order valence-electron chi connectivity index (χ1n) is 9.69. The fraction of sp³-hybridized carbons (Fsp3) is 0.429. The molecule has 9 heteroatoms. The molecule has 1 saturated heterocycles. The monoisotopic (exact) mass is 442 g/mol. The lowest BCUT2D eigenvalue weighted by atomic mass is 10.2. The first-order valence-corrected chi connectivity index (χ1v) is 10.6. The molecule has 2 amide bonds. The molecule has 0 saturated carbocycles. The van der Waals surface area contributed by atoms with Crippen molar-refractivity contribution < 1.29 is 18.0 Å². The average Bonchev–Trinajstić information content (AvgIpc) is 2.77. The van der Waals surface area contributed by atoms with E-state index in [0.29, 0.717) is 31.9 Å². The molecule has 1 N–H and O–H groups in total. The maximum Gasteiger partial charge on any atom is 0.419 e. The average molecular weight is 443 g/mol. The number of carbonyl (C=O) groups excluding carboxylic acids is 1. The number of nitrogens with one attached hydrogen (secondary N) is 1. The number of rotatable bonds is 2. The van der Waals surface area contributed by atoms with Crippen LogP contribution in [0.15, 0.2) is 42.6 Å². The van der Waals surface area contributed by atoms with Crippen LogP contribution in [0.3, 0.4) is 0 Å². The molecule has 166 valence electrons. The van der Waals surface area contributed by atoms with E-state index >= 15 is 0 Å². The van der Waals surface area contributed by atoms with Gasteiger partial charge in [-0.15, -0.1) is 0 Å². The molecule has 1 aromatic carbocycles. The number of carbonyl (C=O) groups is 1. The number of benzene rings is 1. The minimum atomic E-state index is -4.45. The third-order valence-corrected chi connectivity index (χ3v) is 4.26. The fourth-order valence-electron chi connectivity index (χ4n) is 2.83. The minimum absolute atomic E-state index is 0.0846. The molecular formula is C21H29F3N4OS. The van der Waals surface area contributed by atoms with Crippen molar-refractivity contribution in [3.05, 3.63) is 53.7 Å². The predicted molar refractivity (Wildman–Crippen MR) is 119 cm³/mol. The number of aromatic nitrogens is 1. The summed E-state index contributed by atoms with van der Waals surface area (Å²) in [7, 11) is 0. The van der Waals surface area contributed by atoms with Crippen LogP contribution in [0.2, 0.25) is 0 Å². The molecule has 0 aliphatic carbocycles. The molecule has 1 aliphatic rings. The molecular weight excluding hydrogens is 413 g/mol. The highest BCUT2D eigenvalue weighted by Gasteiger charge is 2.36. The summed E-state index contributed by atoms with van der Waals surface area (Å²) in [5, 5.41) is 2.80. The van der Waals surface area contributed by atoms with Crippen LogP contribution in [0, 0.1) is 6.92 Å². The van der Waals surface area contributed by atoms with Gasteiger partial charge in [0, 0.05) is 38.1 Å². The van der Waals surface area contributed by atoms with Gasteiger partial charge in [0.25, 0.3) is 0 Å². The summed E-state index contributed by atoms with van der Waals surface area (Å²) >= 11 is 3.53. The van der Waals surface area contributed by atoms with Crippen molar-refractivity contribution in [1.82, 2.24) is 9.88 Å². The number of hydrogen-bond acceptors (Lipinski definition) is 4. The third-order valence-electron chi connectivity index (χ3n) is 4.26. The second kappa shape index (κ2) is 12.3. The lowest BCUT2D eigenvalue weighted by Crippen LogP contribution is -2.50. The molecule has 5 nitrogen and oxygen atoms in total. The molecule has 1 aliphatic heterocycles.